The molecule has 1 aromatic rings. The number of carbonyl (C=O) groups is 1. The van der Waals surface area contributed by atoms with Gasteiger partial charge in [-0.15, -0.1) is 0 Å². The van der Waals surface area contributed by atoms with Crippen molar-refractivity contribution in [1.29, 1.82) is 0 Å². The van der Waals surface area contributed by atoms with Gasteiger partial charge in [0.25, 0.3) is 5.91 Å². The number of nitrogens with zero attached hydrogens (tertiary/aromatic N) is 3. The van der Waals surface area contributed by atoms with Crippen LogP contribution in [0.25, 0.3) is 0 Å². The number of hydrogen-bond acceptors (Lipinski definition) is 5. The first-order valence-corrected chi connectivity index (χ1v) is 10.3. The number of hydrogen-bond donors (Lipinski definition) is 0. The van der Waals surface area contributed by atoms with E-state index in [0.717, 1.165) is 0 Å². The molecule has 0 aliphatic heterocycles. The summed E-state index contributed by atoms with van der Waals surface area (Å²) in [6, 6.07) is 0. The smallest absolute Gasteiger partial charge is 0.329 e. The highest BCUT2D eigenvalue weighted by molar-refractivity contribution is 7.93. The molecule has 0 aliphatic rings. The lowest BCUT2D eigenvalue weighted by atomic mass is 9.91. The maximum atomic E-state index is 12.8. The van der Waals surface area contributed by atoms with E-state index in [-0.39, 0.29) is 30.8 Å². The molecule has 26 heavy (non-hydrogen) atoms. The fourth-order valence-corrected chi connectivity index (χ4v) is 2.94. The minimum Gasteiger partial charge on any atom is -0.329 e. The standard InChI is InChI=1S/C15H23F4N3O3S/c1-4-10(13(23)22-26(3,24)5-2)6-7-11(8-9-16)12-20-14(25-21-12)15(17,18)19/h10-11H,4-9H2,1-3H3/t10-,11?,26?/m0/s1. The lowest BCUT2D eigenvalue weighted by molar-refractivity contribution is -0.159. The van der Waals surface area contributed by atoms with Crippen LogP contribution < -0.4 is 0 Å². The summed E-state index contributed by atoms with van der Waals surface area (Å²) in [5.74, 6) is -3.24. The molecule has 0 N–H and O–H groups in total. The predicted molar refractivity (Wildman–Crippen MR) is 87.7 cm³/mol. The average Bonchev–Trinajstić information content (AvgIpc) is 3.04. The van der Waals surface area contributed by atoms with Gasteiger partial charge in [0, 0.05) is 23.8 Å². The lowest BCUT2D eigenvalue weighted by Gasteiger charge is -2.15. The van der Waals surface area contributed by atoms with E-state index in [4.69, 9.17) is 0 Å². The summed E-state index contributed by atoms with van der Waals surface area (Å²) < 4.78 is 70.4. The first-order valence-electron chi connectivity index (χ1n) is 8.24. The van der Waals surface area contributed by atoms with Gasteiger partial charge in [0.1, 0.15) is 0 Å². The molecule has 0 saturated carbocycles. The molecule has 11 heteroatoms. The van der Waals surface area contributed by atoms with Crippen molar-refractivity contribution in [2.75, 3.05) is 18.7 Å². The quantitative estimate of drug-likeness (QED) is 0.584. The van der Waals surface area contributed by atoms with Gasteiger partial charge in [-0.25, -0.2) is 4.21 Å². The molecule has 6 nitrogen and oxygen atoms in total. The molecule has 150 valence electrons. The normalized spacial score (nSPS) is 16.7. The Morgan fingerprint density at radius 3 is 2.38 bits per heavy atom. The van der Waals surface area contributed by atoms with Gasteiger partial charge in [-0.3, -0.25) is 9.18 Å². The molecule has 1 rings (SSSR count). The van der Waals surface area contributed by atoms with Crippen molar-refractivity contribution >= 4 is 15.6 Å². The van der Waals surface area contributed by atoms with Gasteiger partial charge in [-0.1, -0.05) is 19.0 Å². The number of amides is 1. The topological polar surface area (TPSA) is 85.4 Å². The molecule has 1 aromatic heterocycles. The highest BCUT2D eigenvalue weighted by Gasteiger charge is 2.39. The van der Waals surface area contributed by atoms with Gasteiger partial charge in [0.05, 0.1) is 16.4 Å². The number of alkyl halides is 4. The van der Waals surface area contributed by atoms with E-state index in [2.05, 4.69) is 19.0 Å². The molecule has 2 unspecified atom stereocenters. The van der Waals surface area contributed by atoms with Crippen molar-refractivity contribution in [3.63, 3.8) is 0 Å². The van der Waals surface area contributed by atoms with Gasteiger partial charge >= 0.3 is 12.1 Å². The molecule has 1 heterocycles. The maximum absolute atomic E-state index is 12.8. The van der Waals surface area contributed by atoms with E-state index in [1.165, 1.54) is 6.26 Å². The van der Waals surface area contributed by atoms with Crippen LogP contribution in [-0.4, -0.2) is 38.9 Å². The molecule has 0 fully saturated rings. The molecule has 3 atom stereocenters. The Bertz CT molecular complexity index is 711. The highest BCUT2D eigenvalue weighted by atomic mass is 32.2. The third kappa shape index (κ3) is 6.65. The van der Waals surface area contributed by atoms with Gasteiger partial charge in [0.2, 0.25) is 0 Å². The first kappa shape index (κ1) is 22.5. The van der Waals surface area contributed by atoms with E-state index < -0.39 is 46.2 Å². The number of aromatic nitrogens is 2. The minimum atomic E-state index is -4.77. The molecule has 0 bridgehead atoms. The first-order chi connectivity index (χ1) is 12.0. The Hall–Kier alpha value is -1.52. The molecular weight excluding hydrogens is 378 g/mol. The number of rotatable bonds is 9. The van der Waals surface area contributed by atoms with Crippen LogP contribution in [-0.2, 0) is 20.7 Å². The van der Waals surface area contributed by atoms with Crippen molar-refractivity contribution in [2.24, 2.45) is 10.3 Å². The van der Waals surface area contributed by atoms with Crippen molar-refractivity contribution in [2.45, 2.75) is 51.6 Å². The SMILES string of the molecule is CC[C@@H](CCC(CCF)c1noc(C(F)(F)F)n1)C(=O)N=S(C)(=O)CC. The van der Waals surface area contributed by atoms with E-state index in [9.17, 15) is 26.6 Å². The van der Waals surface area contributed by atoms with Crippen LogP contribution in [0, 0.1) is 5.92 Å². The van der Waals surface area contributed by atoms with Crippen LogP contribution in [0.15, 0.2) is 8.89 Å². The molecule has 1 amide bonds. The third-order valence-electron chi connectivity index (χ3n) is 4.03. The fourth-order valence-electron chi connectivity index (χ4n) is 2.28. The zero-order chi connectivity index (χ0) is 20.0. The van der Waals surface area contributed by atoms with Gasteiger partial charge in [-0.2, -0.15) is 22.5 Å². The maximum Gasteiger partial charge on any atom is 0.471 e. The Balaban J connectivity index is 2.87. The van der Waals surface area contributed by atoms with E-state index >= 15 is 0 Å². The summed E-state index contributed by atoms with van der Waals surface area (Å²) in [4.78, 5) is 15.5. The van der Waals surface area contributed by atoms with Crippen LogP contribution in [0.2, 0.25) is 0 Å². The van der Waals surface area contributed by atoms with Gasteiger partial charge < -0.3 is 4.52 Å². The zero-order valence-electron chi connectivity index (χ0n) is 14.9. The fraction of sp³-hybridized carbons (Fsp3) is 0.800. The summed E-state index contributed by atoms with van der Waals surface area (Å²) in [6.07, 6.45) is -2.60. The zero-order valence-corrected chi connectivity index (χ0v) is 15.7. The van der Waals surface area contributed by atoms with E-state index in [0.29, 0.717) is 6.42 Å². The lowest BCUT2D eigenvalue weighted by Crippen LogP contribution is -2.16. The van der Waals surface area contributed by atoms with Crippen molar-refractivity contribution in [1.82, 2.24) is 10.1 Å². The second kappa shape index (κ2) is 9.43. The molecule has 0 aromatic carbocycles. The molecule has 0 saturated heterocycles. The average molecular weight is 401 g/mol. The summed E-state index contributed by atoms with van der Waals surface area (Å²) in [6.45, 7) is 2.64. The molecule has 0 radical (unpaired) electrons. The second-order valence-electron chi connectivity index (χ2n) is 5.99. The van der Waals surface area contributed by atoms with Crippen molar-refractivity contribution < 1.29 is 31.1 Å². The second-order valence-corrected chi connectivity index (χ2v) is 8.67. The van der Waals surface area contributed by atoms with Crippen molar-refractivity contribution in [3.05, 3.63) is 11.7 Å². The van der Waals surface area contributed by atoms with Crippen LogP contribution in [0.4, 0.5) is 17.6 Å². The molecule has 0 aliphatic carbocycles. The molecule has 0 spiro atoms. The van der Waals surface area contributed by atoms with E-state index in [1.807, 2.05) is 0 Å². The summed E-state index contributed by atoms with van der Waals surface area (Å²) in [5, 5.41) is 3.30. The van der Waals surface area contributed by atoms with Crippen LogP contribution in [0.5, 0.6) is 0 Å². The van der Waals surface area contributed by atoms with E-state index in [1.54, 1.807) is 13.8 Å². The van der Waals surface area contributed by atoms with Gasteiger partial charge in [0.15, 0.2) is 5.82 Å². The Morgan fingerprint density at radius 1 is 1.27 bits per heavy atom. The predicted octanol–water partition coefficient (Wildman–Crippen LogP) is 3.98. The third-order valence-corrected chi connectivity index (χ3v) is 5.67. The number of halogens is 4. The van der Waals surface area contributed by atoms with Crippen LogP contribution >= 0.6 is 0 Å². The summed E-state index contributed by atoms with van der Waals surface area (Å²) >= 11 is 0. The molecular formula is C15H23F4N3O3S. The highest BCUT2D eigenvalue weighted by Crippen LogP contribution is 2.31. The summed E-state index contributed by atoms with van der Waals surface area (Å²) in [7, 11) is -2.59. The Kier molecular flexibility index (Phi) is 8.16. The summed E-state index contributed by atoms with van der Waals surface area (Å²) in [5.41, 5.74) is 0. The largest absolute Gasteiger partial charge is 0.471 e. The van der Waals surface area contributed by atoms with Crippen LogP contribution in [0.1, 0.15) is 57.2 Å². The number of carbonyl (C=O) groups excluding carboxylic acids is 1. The van der Waals surface area contributed by atoms with Crippen molar-refractivity contribution in [3.8, 4) is 0 Å². The van der Waals surface area contributed by atoms with Crippen LogP contribution in [0.3, 0.4) is 0 Å². The monoisotopic (exact) mass is 401 g/mol. The Morgan fingerprint density at radius 2 is 1.92 bits per heavy atom. The van der Waals surface area contributed by atoms with Gasteiger partial charge in [-0.05, 0) is 25.7 Å². The Labute approximate surface area is 149 Å². The minimum absolute atomic E-state index is 0.0852.